The minimum absolute atomic E-state index is 0.246. The van der Waals surface area contributed by atoms with E-state index in [1.54, 1.807) is 0 Å². The monoisotopic (exact) mass is 413 g/mol. The van der Waals surface area contributed by atoms with Gasteiger partial charge in [-0.1, -0.05) is 40.5 Å². The molecule has 0 aliphatic rings. The number of benzene rings is 1. The van der Waals surface area contributed by atoms with E-state index in [1.165, 1.54) is 16.8 Å². The lowest BCUT2D eigenvalue weighted by Gasteiger charge is -2.19. The van der Waals surface area contributed by atoms with Gasteiger partial charge in [-0.3, -0.25) is 4.68 Å². The molecule has 114 valence electrons. The van der Waals surface area contributed by atoms with Crippen molar-refractivity contribution in [2.24, 2.45) is 7.05 Å². The molecule has 1 N–H and O–H groups in total. The molecule has 0 aliphatic heterocycles. The number of hydrogen-bond acceptors (Lipinski definition) is 2. The van der Waals surface area contributed by atoms with Crippen molar-refractivity contribution in [1.29, 1.82) is 0 Å². The highest BCUT2D eigenvalue weighted by atomic mass is 79.9. The summed E-state index contributed by atoms with van der Waals surface area (Å²) in [7, 11) is 4.02. The first-order valence-corrected chi connectivity index (χ1v) is 8.70. The fourth-order valence-corrected chi connectivity index (χ4v) is 3.83. The Labute approximate surface area is 143 Å². The van der Waals surface area contributed by atoms with Crippen LogP contribution < -0.4 is 5.32 Å². The van der Waals surface area contributed by atoms with Crippen LogP contribution in [0.25, 0.3) is 0 Å². The third-order valence-corrected chi connectivity index (χ3v) is 5.41. The zero-order valence-corrected chi connectivity index (χ0v) is 16.0. The molecule has 21 heavy (non-hydrogen) atoms. The van der Waals surface area contributed by atoms with E-state index >= 15 is 0 Å². The molecule has 0 saturated carbocycles. The Hall–Kier alpha value is -0.650. The molecule has 1 unspecified atom stereocenters. The Kier molecular flexibility index (Phi) is 5.63. The van der Waals surface area contributed by atoms with Crippen LogP contribution in [0, 0.1) is 6.92 Å². The summed E-state index contributed by atoms with van der Waals surface area (Å²) < 4.78 is 4.26. The van der Waals surface area contributed by atoms with E-state index in [-0.39, 0.29) is 6.04 Å². The zero-order valence-electron chi connectivity index (χ0n) is 12.9. The van der Waals surface area contributed by atoms with E-state index in [2.05, 4.69) is 74.3 Å². The number of nitrogens with one attached hydrogen (secondary N) is 1. The van der Waals surface area contributed by atoms with Gasteiger partial charge in [-0.25, -0.2) is 0 Å². The van der Waals surface area contributed by atoms with Gasteiger partial charge in [0.05, 0.1) is 15.9 Å². The molecule has 1 atom stereocenters. The van der Waals surface area contributed by atoms with Crippen LogP contribution in [0.5, 0.6) is 0 Å². The maximum atomic E-state index is 4.58. The molecule has 0 saturated heterocycles. The quantitative estimate of drug-likeness (QED) is 0.789. The molecule has 1 aromatic carbocycles. The molecule has 0 fully saturated rings. The van der Waals surface area contributed by atoms with Crippen LogP contribution in [0.15, 0.2) is 27.1 Å². The third-order valence-electron chi connectivity index (χ3n) is 3.78. The number of aromatic nitrogens is 2. The Morgan fingerprint density at radius 2 is 2.05 bits per heavy atom. The number of nitrogens with zero attached hydrogens (tertiary/aromatic N) is 2. The highest BCUT2D eigenvalue weighted by molar-refractivity contribution is 9.10. The van der Waals surface area contributed by atoms with Gasteiger partial charge in [0.1, 0.15) is 0 Å². The second-order valence-electron chi connectivity index (χ2n) is 5.25. The Bertz CT molecular complexity index is 635. The molecular weight excluding hydrogens is 394 g/mol. The molecule has 0 aliphatic carbocycles. The number of aryl methyl sites for hydroxylation is 3. The maximum Gasteiger partial charge on any atom is 0.0766 e. The number of hydrogen-bond donors (Lipinski definition) is 1. The normalized spacial score (nSPS) is 12.7. The van der Waals surface area contributed by atoms with E-state index in [1.807, 2.05) is 18.8 Å². The second kappa shape index (κ2) is 7.07. The van der Waals surface area contributed by atoms with Crippen LogP contribution in [0.4, 0.5) is 0 Å². The summed E-state index contributed by atoms with van der Waals surface area (Å²) in [6.45, 7) is 4.25. The minimum atomic E-state index is 0.246. The maximum absolute atomic E-state index is 4.58. The molecule has 1 heterocycles. The first-order valence-electron chi connectivity index (χ1n) is 7.11. The van der Waals surface area contributed by atoms with Crippen molar-refractivity contribution in [3.63, 3.8) is 0 Å². The van der Waals surface area contributed by atoms with Gasteiger partial charge in [0, 0.05) is 24.0 Å². The van der Waals surface area contributed by atoms with Gasteiger partial charge in [0.2, 0.25) is 0 Å². The molecule has 3 nitrogen and oxygen atoms in total. The van der Waals surface area contributed by atoms with E-state index in [0.717, 1.165) is 27.5 Å². The smallest absolute Gasteiger partial charge is 0.0766 e. The lowest BCUT2D eigenvalue weighted by Crippen LogP contribution is -2.21. The van der Waals surface area contributed by atoms with Crippen molar-refractivity contribution in [2.45, 2.75) is 32.7 Å². The molecule has 0 radical (unpaired) electrons. The molecule has 2 rings (SSSR count). The van der Waals surface area contributed by atoms with Crippen molar-refractivity contribution < 1.29 is 0 Å². The van der Waals surface area contributed by atoms with Gasteiger partial charge in [0.15, 0.2) is 0 Å². The standard InChI is InChI=1S/C16H21Br2N3/c1-5-13-16(18)15(21(4)20-13)9-14(19-3)11-8-10(2)6-7-12(11)17/h6-8,14,19H,5,9H2,1-4H3. The van der Waals surface area contributed by atoms with Crippen LogP contribution in [0.2, 0.25) is 0 Å². The van der Waals surface area contributed by atoms with Crippen LogP contribution >= 0.6 is 31.9 Å². The molecular formula is C16H21Br2N3. The first-order chi connectivity index (χ1) is 9.97. The average molecular weight is 415 g/mol. The first kappa shape index (κ1) is 16.7. The van der Waals surface area contributed by atoms with E-state index in [4.69, 9.17) is 0 Å². The average Bonchev–Trinajstić information content (AvgIpc) is 2.74. The number of rotatable bonds is 5. The summed E-state index contributed by atoms with van der Waals surface area (Å²) in [5.41, 5.74) is 4.89. The van der Waals surface area contributed by atoms with Crippen molar-refractivity contribution in [1.82, 2.24) is 15.1 Å². The summed E-state index contributed by atoms with van der Waals surface area (Å²) in [5.74, 6) is 0. The highest BCUT2D eigenvalue weighted by Crippen LogP contribution is 2.30. The predicted molar refractivity (Wildman–Crippen MR) is 94.7 cm³/mol. The summed E-state index contributed by atoms with van der Waals surface area (Å²) in [6, 6.07) is 6.71. The fraction of sp³-hybridized carbons (Fsp3) is 0.438. The Morgan fingerprint density at radius 1 is 1.33 bits per heavy atom. The largest absolute Gasteiger partial charge is 0.313 e. The van der Waals surface area contributed by atoms with Gasteiger partial charge in [-0.15, -0.1) is 0 Å². The number of halogens is 2. The van der Waals surface area contributed by atoms with E-state index in [0.29, 0.717) is 0 Å². The number of likely N-dealkylation sites (N-methyl/N-ethyl adjacent to an activating group) is 1. The summed E-state index contributed by atoms with van der Waals surface area (Å²) in [4.78, 5) is 0. The Balaban J connectivity index is 2.36. The van der Waals surface area contributed by atoms with Crippen molar-refractivity contribution in [3.05, 3.63) is 49.7 Å². The lowest BCUT2D eigenvalue weighted by atomic mass is 10.00. The minimum Gasteiger partial charge on any atom is -0.313 e. The molecule has 0 amide bonds. The van der Waals surface area contributed by atoms with Gasteiger partial charge in [-0.05, 0) is 48.0 Å². The van der Waals surface area contributed by atoms with Gasteiger partial charge in [0.25, 0.3) is 0 Å². The molecule has 2 aromatic rings. The molecule has 0 bridgehead atoms. The molecule has 0 spiro atoms. The predicted octanol–water partition coefficient (Wildman–Crippen LogP) is 4.32. The third kappa shape index (κ3) is 3.58. The van der Waals surface area contributed by atoms with E-state index in [9.17, 15) is 0 Å². The summed E-state index contributed by atoms with van der Waals surface area (Å²) in [5, 5.41) is 8.00. The second-order valence-corrected chi connectivity index (χ2v) is 6.90. The zero-order chi connectivity index (χ0) is 15.6. The summed E-state index contributed by atoms with van der Waals surface area (Å²) in [6.07, 6.45) is 1.83. The Morgan fingerprint density at radius 3 is 2.62 bits per heavy atom. The van der Waals surface area contributed by atoms with Crippen molar-refractivity contribution in [3.8, 4) is 0 Å². The summed E-state index contributed by atoms with van der Waals surface area (Å²) >= 11 is 7.37. The highest BCUT2D eigenvalue weighted by Gasteiger charge is 2.19. The van der Waals surface area contributed by atoms with Crippen molar-refractivity contribution >= 4 is 31.9 Å². The molecule has 5 heteroatoms. The van der Waals surface area contributed by atoms with Crippen LogP contribution in [0.1, 0.15) is 35.5 Å². The lowest BCUT2D eigenvalue weighted by molar-refractivity contribution is 0.558. The SMILES string of the molecule is CCc1nn(C)c(CC(NC)c2cc(C)ccc2Br)c1Br. The van der Waals surface area contributed by atoms with Crippen molar-refractivity contribution in [2.75, 3.05) is 7.05 Å². The van der Waals surface area contributed by atoms with Crippen LogP contribution in [0.3, 0.4) is 0 Å². The van der Waals surface area contributed by atoms with E-state index < -0.39 is 0 Å². The van der Waals surface area contributed by atoms with Gasteiger partial charge < -0.3 is 5.32 Å². The van der Waals surface area contributed by atoms with Crippen LogP contribution in [-0.2, 0) is 19.9 Å². The molecule has 1 aromatic heterocycles. The topological polar surface area (TPSA) is 29.9 Å². The van der Waals surface area contributed by atoms with Gasteiger partial charge in [-0.2, -0.15) is 5.10 Å². The van der Waals surface area contributed by atoms with Crippen LogP contribution in [-0.4, -0.2) is 16.8 Å². The van der Waals surface area contributed by atoms with Gasteiger partial charge >= 0.3 is 0 Å². The fourth-order valence-electron chi connectivity index (χ4n) is 2.53.